The zero-order valence-corrected chi connectivity index (χ0v) is 9.38. The summed E-state index contributed by atoms with van der Waals surface area (Å²) in [6.07, 6.45) is 3.50. The quantitative estimate of drug-likeness (QED) is 0.619. The van der Waals surface area contributed by atoms with Crippen LogP contribution < -0.4 is 0 Å². The maximum Gasteiger partial charge on any atom is 0.116 e. The molecular formula is C13H13N3. The van der Waals surface area contributed by atoms with Crippen molar-refractivity contribution >= 4 is 21.9 Å². The van der Waals surface area contributed by atoms with Gasteiger partial charge in [0.15, 0.2) is 0 Å². The molecule has 0 saturated carbocycles. The SMILES string of the molecule is CC(C)n1c2ccccc2c2ncncc21. The van der Waals surface area contributed by atoms with Gasteiger partial charge in [-0.1, -0.05) is 18.2 Å². The summed E-state index contributed by atoms with van der Waals surface area (Å²) >= 11 is 0. The number of benzene rings is 1. The van der Waals surface area contributed by atoms with Gasteiger partial charge in [0.25, 0.3) is 0 Å². The maximum absolute atomic E-state index is 4.38. The highest BCUT2D eigenvalue weighted by atomic mass is 15.0. The predicted octanol–water partition coefficient (Wildman–Crippen LogP) is 3.17. The predicted molar refractivity (Wildman–Crippen MR) is 65.4 cm³/mol. The first-order valence-electron chi connectivity index (χ1n) is 5.47. The number of hydrogen-bond donors (Lipinski definition) is 0. The Labute approximate surface area is 93.7 Å². The average molecular weight is 211 g/mol. The minimum Gasteiger partial charge on any atom is -0.335 e. The lowest BCUT2D eigenvalue weighted by Gasteiger charge is -2.10. The van der Waals surface area contributed by atoms with Crippen molar-refractivity contribution in [3.05, 3.63) is 36.8 Å². The molecule has 0 atom stereocenters. The normalized spacial score (nSPS) is 11.7. The lowest BCUT2D eigenvalue weighted by atomic mass is 10.2. The Kier molecular flexibility index (Phi) is 1.93. The largest absolute Gasteiger partial charge is 0.335 e. The highest BCUT2D eigenvalue weighted by Crippen LogP contribution is 2.29. The lowest BCUT2D eigenvalue weighted by molar-refractivity contribution is 0.641. The van der Waals surface area contributed by atoms with E-state index in [1.807, 2.05) is 6.20 Å². The first-order valence-corrected chi connectivity index (χ1v) is 5.47. The monoisotopic (exact) mass is 211 g/mol. The van der Waals surface area contributed by atoms with Crippen LogP contribution in [0.15, 0.2) is 36.8 Å². The van der Waals surface area contributed by atoms with Crippen LogP contribution in [0.25, 0.3) is 21.9 Å². The Morgan fingerprint density at radius 2 is 1.94 bits per heavy atom. The molecule has 0 bridgehead atoms. The second-order valence-corrected chi connectivity index (χ2v) is 4.24. The molecule has 0 N–H and O–H groups in total. The van der Waals surface area contributed by atoms with E-state index < -0.39 is 0 Å². The highest BCUT2D eigenvalue weighted by molar-refractivity contribution is 6.05. The van der Waals surface area contributed by atoms with Crippen LogP contribution in [0.1, 0.15) is 19.9 Å². The summed E-state index contributed by atoms with van der Waals surface area (Å²) in [7, 11) is 0. The van der Waals surface area contributed by atoms with E-state index in [9.17, 15) is 0 Å². The molecule has 80 valence electrons. The third kappa shape index (κ3) is 1.14. The Morgan fingerprint density at radius 1 is 1.12 bits per heavy atom. The van der Waals surface area contributed by atoms with E-state index in [2.05, 4.69) is 52.6 Å². The fourth-order valence-electron chi connectivity index (χ4n) is 2.28. The highest BCUT2D eigenvalue weighted by Gasteiger charge is 2.12. The zero-order chi connectivity index (χ0) is 11.1. The minimum absolute atomic E-state index is 0.411. The Balaban J connectivity index is 2.59. The van der Waals surface area contributed by atoms with Crippen LogP contribution in [-0.2, 0) is 0 Å². The molecule has 0 fully saturated rings. The molecule has 0 saturated heterocycles. The second kappa shape index (κ2) is 3.30. The summed E-state index contributed by atoms with van der Waals surface area (Å²) in [5.74, 6) is 0. The van der Waals surface area contributed by atoms with Gasteiger partial charge in [0.1, 0.15) is 6.33 Å². The van der Waals surface area contributed by atoms with Gasteiger partial charge in [-0.3, -0.25) is 0 Å². The summed E-state index contributed by atoms with van der Waals surface area (Å²) in [6.45, 7) is 4.36. The number of fused-ring (bicyclic) bond motifs is 3. The molecule has 0 spiro atoms. The van der Waals surface area contributed by atoms with Crippen molar-refractivity contribution in [2.45, 2.75) is 19.9 Å². The van der Waals surface area contributed by atoms with Crippen LogP contribution in [-0.4, -0.2) is 14.5 Å². The van der Waals surface area contributed by atoms with Crippen LogP contribution in [0.2, 0.25) is 0 Å². The Morgan fingerprint density at radius 3 is 2.75 bits per heavy atom. The van der Waals surface area contributed by atoms with Crippen molar-refractivity contribution in [1.29, 1.82) is 0 Å². The molecule has 0 amide bonds. The van der Waals surface area contributed by atoms with Gasteiger partial charge in [-0.05, 0) is 19.9 Å². The molecule has 3 heteroatoms. The molecule has 3 rings (SSSR count). The van der Waals surface area contributed by atoms with E-state index in [0.717, 1.165) is 11.0 Å². The number of nitrogens with zero attached hydrogens (tertiary/aromatic N) is 3. The summed E-state index contributed by atoms with van der Waals surface area (Å²) < 4.78 is 2.28. The van der Waals surface area contributed by atoms with Gasteiger partial charge in [-0.2, -0.15) is 0 Å². The van der Waals surface area contributed by atoms with Gasteiger partial charge in [-0.25, -0.2) is 9.97 Å². The molecule has 3 aromatic rings. The third-order valence-electron chi connectivity index (χ3n) is 2.89. The fourth-order valence-corrected chi connectivity index (χ4v) is 2.28. The van der Waals surface area contributed by atoms with Crippen molar-refractivity contribution in [3.8, 4) is 0 Å². The number of para-hydroxylation sites is 1. The Bertz CT molecular complexity index is 599. The number of hydrogen-bond acceptors (Lipinski definition) is 2. The van der Waals surface area contributed by atoms with Gasteiger partial charge in [-0.15, -0.1) is 0 Å². The van der Waals surface area contributed by atoms with Crippen molar-refractivity contribution in [2.75, 3.05) is 0 Å². The molecule has 0 unspecified atom stereocenters. The van der Waals surface area contributed by atoms with Crippen LogP contribution in [0, 0.1) is 0 Å². The van der Waals surface area contributed by atoms with E-state index in [1.54, 1.807) is 6.33 Å². The Hall–Kier alpha value is -1.90. The first-order chi connectivity index (χ1) is 7.79. The molecule has 2 heterocycles. The van der Waals surface area contributed by atoms with Crippen LogP contribution >= 0.6 is 0 Å². The number of rotatable bonds is 1. The van der Waals surface area contributed by atoms with Crippen LogP contribution in [0.3, 0.4) is 0 Å². The zero-order valence-electron chi connectivity index (χ0n) is 9.38. The maximum atomic E-state index is 4.38. The summed E-state index contributed by atoms with van der Waals surface area (Å²) in [5, 5.41) is 1.20. The van der Waals surface area contributed by atoms with Gasteiger partial charge in [0.2, 0.25) is 0 Å². The lowest BCUT2D eigenvalue weighted by Crippen LogP contribution is -1.99. The van der Waals surface area contributed by atoms with Crippen LogP contribution in [0.4, 0.5) is 0 Å². The molecule has 0 radical (unpaired) electrons. The first kappa shape index (κ1) is 9.33. The topological polar surface area (TPSA) is 30.7 Å². The number of aromatic nitrogens is 3. The summed E-state index contributed by atoms with van der Waals surface area (Å²) in [4.78, 5) is 8.50. The minimum atomic E-state index is 0.411. The smallest absolute Gasteiger partial charge is 0.116 e. The summed E-state index contributed by atoms with van der Waals surface area (Å²) in [6, 6.07) is 8.77. The molecule has 2 aromatic heterocycles. The average Bonchev–Trinajstić information content (AvgIpc) is 2.63. The molecule has 0 aliphatic carbocycles. The van der Waals surface area contributed by atoms with E-state index in [0.29, 0.717) is 6.04 Å². The van der Waals surface area contributed by atoms with Gasteiger partial charge in [0, 0.05) is 11.4 Å². The van der Waals surface area contributed by atoms with Crippen molar-refractivity contribution < 1.29 is 0 Å². The van der Waals surface area contributed by atoms with E-state index in [1.165, 1.54) is 10.9 Å². The van der Waals surface area contributed by atoms with Crippen LogP contribution in [0.5, 0.6) is 0 Å². The molecule has 1 aromatic carbocycles. The molecular weight excluding hydrogens is 198 g/mol. The van der Waals surface area contributed by atoms with Gasteiger partial charge in [0.05, 0.1) is 22.7 Å². The third-order valence-corrected chi connectivity index (χ3v) is 2.89. The molecule has 3 nitrogen and oxygen atoms in total. The molecule has 0 aliphatic heterocycles. The molecule has 16 heavy (non-hydrogen) atoms. The molecule has 0 aliphatic rings. The van der Waals surface area contributed by atoms with Gasteiger partial charge < -0.3 is 4.57 Å². The second-order valence-electron chi connectivity index (χ2n) is 4.24. The van der Waals surface area contributed by atoms with E-state index in [-0.39, 0.29) is 0 Å². The fraction of sp³-hybridized carbons (Fsp3) is 0.231. The summed E-state index contributed by atoms with van der Waals surface area (Å²) in [5.41, 5.74) is 3.38. The van der Waals surface area contributed by atoms with Gasteiger partial charge >= 0.3 is 0 Å². The standard InChI is InChI=1S/C13H13N3/c1-9(2)16-11-6-4-3-5-10(11)13-12(16)7-14-8-15-13/h3-9H,1-2H3. The van der Waals surface area contributed by atoms with Crippen molar-refractivity contribution in [1.82, 2.24) is 14.5 Å². The van der Waals surface area contributed by atoms with E-state index >= 15 is 0 Å². The van der Waals surface area contributed by atoms with Crippen molar-refractivity contribution in [3.63, 3.8) is 0 Å². The van der Waals surface area contributed by atoms with Crippen molar-refractivity contribution in [2.24, 2.45) is 0 Å². The van der Waals surface area contributed by atoms with E-state index in [4.69, 9.17) is 0 Å².